The Morgan fingerprint density at radius 3 is 3.00 bits per heavy atom. The SMILES string of the molecule is COC(C)CNc1nccc2ccc(O)cc12. The lowest BCUT2D eigenvalue weighted by atomic mass is 10.1. The number of hydrogen-bond acceptors (Lipinski definition) is 4. The molecule has 1 atom stereocenters. The standard InChI is InChI=1S/C13H16N2O2/c1-9(17-2)8-15-13-12-7-11(16)4-3-10(12)5-6-14-13/h3-7,9,16H,8H2,1-2H3,(H,14,15). The minimum atomic E-state index is 0.115. The number of hydrogen-bond donors (Lipinski definition) is 2. The summed E-state index contributed by atoms with van der Waals surface area (Å²) in [6, 6.07) is 7.17. The zero-order valence-corrected chi connectivity index (χ0v) is 9.97. The number of phenols is 1. The summed E-state index contributed by atoms with van der Waals surface area (Å²) in [7, 11) is 1.68. The minimum absolute atomic E-state index is 0.115. The minimum Gasteiger partial charge on any atom is -0.508 e. The van der Waals surface area contributed by atoms with Gasteiger partial charge in [-0.1, -0.05) is 6.07 Å². The highest BCUT2D eigenvalue weighted by Crippen LogP contribution is 2.24. The first kappa shape index (κ1) is 11.7. The van der Waals surface area contributed by atoms with Gasteiger partial charge >= 0.3 is 0 Å². The van der Waals surface area contributed by atoms with Crippen LogP contribution in [0.15, 0.2) is 30.5 Å². The van der Waals surface area contributed by atoms with Crippen LogP contribution in [0.2, 0.25) is 0 Å². The van der Waals surface area contributed by atoms with E-state index < -0.39 is 0 Å². The Bertz CT molecular complexity index is 514. The average Bonchev–Trinajstić information content (AvgIpc) is 2.35. The van der Waals surface area contributed by atoms with Crippen molar-refractivity contribution in [3.63, 3.8) is 0 Å². The van der Waals surface area contributed by atoms with Gasteiger partial charge in [0.1, 0.15) is 11.6 Å². The molecule has 90 valence electrons. The summed E-state index contributed by atoms with van der Waals surface area (Å²) < 4.78 is 5.17. The first-order valence-corrected chi connectivity index (χ1v) is 5.55. The Morgan fingerprint density at radius 1 is 1.41 bits per heavy atom. The topological polar surface area (TPSA) is 54.4 Å². The van der Waals surface area contributed by atoms with Gasteiger partial charge in [-0.25, -0.2) is 4.98 Å². The fraction of sp³-hybridized carbons (Fsp3) is 0.308. The van der Waals surface area contributed by atoms with Gasteiger partial charge in [-0.15, -0.1) is 0 Å². The Hall–Kier alpha value is -1.81. The van der Waals surface area contributed by atoms with Crippen molar-refractivity contribution in [3.05, 3.63) is 30.5 Å². The zero-order valence-electron chi connectivity index (χ0n) is 9.97. The molecule has 2 aromatic rings. The number of phenolic OH excluding ortho intramolecular Hbond substituents is 1. The van der Waals surface area contributed by atoms with E-state index in [0.717, 1.165) is 16.6 Å². The molecule has 2 rings (SSSR count). The van der Waals surface area contributed by atoms with Gasteiger partial charge in [0.05, 0.1) is 6.10 Å². The monoisotopic (exact) mass is 232 g/mol. The molecule has 0 saturated carbocycles. The lowest BCUT2D eigenvalue weighted by Crippen LogP contribution is -2.18. The first-order chi connectivity index (χ1) is 8.20. The lowest BCUT2D eigenvalue weighted by Gasteiger charge is -2.12. The fourth-order valence-corrected chi connectivity index (χ4v) is 1.62. The lowest BCUT2D eigenvalue weighted by molar-refractivity contribution is 0.128. The zero-order chi connectivity index (χ0) is 12.3. The van der Waals surface area contributed by atoms with Crippen molar-refractivity contribution in [2.75, 3.05) is 19.0 Å². The molecular weight excluding hydrogens is 216 g/mol. The quantitative estimate of drug-likeness (QED) is 0.849. The molecular formula is C13H16N2O2. The third-order valence-electron chi connectivity index (χ3n) is 2.71. The highest BCUT2D eigenvalue weighted by atomic mass is 16.5. The molecule has 0 amide bonds. The van der Waals surface area contributed by atoms with E-state index in [1.165, 1.54) is 0 Å². The fourth-order valence-electron chi connectivity index (χ4n) is 1.62. The second kappa shape index (κ2) is 5.01. The van der Waals surface area contributed by atoms with Gasteiger partial charge in [-0.2, -0.15) is 0 Å². The van der Waals surface area contributed by atoms with Crippen LogP contribution in [-0.4, -0.2) is 29.8 Å². The number of aromatic nitrogens is 1. The molecule has 1 unspecified atom stereocenters. The molecule has 4 nitrogen and oxygen atoms in total. The average molecular weight is 232 g/mol. The Balaban J connectivity index is 2.30. The van der Waals surface area contributed by atoms with E-state index in [0.29, 0.717) is 6.54 Å². The van der Waals surface area contributed by atoms with Gasteiger partial charge in [-0.3, -0.25) is 0 Å². The number of nitrogens with one attached hydrogen (secondary N) is 1. The van der Waals surface area contributed by atoms with Crippen molar-refractivity contribution in [2.24, 2.45) is 0 Å². The maximum absolute atomic E-state index is 9.50. The van der Waals surface area contributed by atoms with E-state index in [4.69, 9.17) is 4.74 Å². The van der Waals surface area contributed by atoms with Crippen LogP contribution in [0.3, 0.4) is 0 Å². The number of methoxy groups -OCH3 is 1. The maximum Gasteiger partial charge on any atom is 0.134 e. The highest BCUT2D eigenvalue weighted by Gasteiger charge is 2.05. The van der Waals surface area contributed by atoms with Gasteiger partial charge in [0.15, 0.2) is 0 Å². The van der Waals surface area contributed by atoms with Gasteiger partial charge in [0, 0.05) is 25.2 Å². The predicted octanol–water partition coefficient (Wildman–Crippen LogP) is 2.39. The number of anilines is 1. The van der Waals surface area contributed by atoms with Crippen LogP contribution in [-0.2, 0) is 4.74 Å². The molecule has 17 heavy (non-hydrogen) atoms. The third-order valence-corrected chi connectivity index (χ3v) is 2.71. The summed E-state index contributed by atoms with van der Waals surface area (Å²) in [6.45, 7) is 2.66. The van der Waals surface area contributed by atoms with Crippen LogP contribution in [0.4, 0.5) is 5.82 Å². The summed E-state index contributed by atoms with van der Waals surface area (Å²) in [4.78, 5) is 4.28. The van der Waals surface area contributed by atoms with Crippen LogP contribution < -0.4 is 5.32 Å². The summed E-state index contributed by atoms with van der Waals surface area (Å²) in [5, 5.41) is 14.7. The van der Waals surface area contributed by atoms with E-state index >= 15 is 0 Å². The van der Waals surface area contributed by atoms with E-state index in [9.17, 15) is 5.11 Å². The van der Waals surface area contributed by atoms with Crippen LogP contribution >= 0.6 is 0 Å². The van der Waals surface area contributed by atoms with Crippen molar-refractivity contribution in [1.82, 2.24) is 4.98 Å². The molecule has 0 aliphatic rings. The summed E-state index contributed by atoms with van der Waals surface area (Å²) in [6.07, 6.45) is 1.86. The highest BCUT2D eigenvalue weighted by molar-refractivity contribution is 5.92. The number of fused-ring (bicyclic) bond motifs is 1. The molecule has 0 bridgehead atoms. The molecule has 0 aliphatic heterocycles. The van der Waals surface area contributed by atoms with Crippen LogP contribution in [0.25, 0.3) is 10.8 Å². The van der Waals surface area contributed by atoms with Crippen molar-refractivity contribution >= 4 is 16.6 Å². The molecule has 1 aromatic heterocycles. The molecule has 0 saturated heterocycles. The number of aromatic hydroxyl groups is 1. The molecule has 0 aliphatic carbocycles. The summed E-state index contributed by atoms with van der Waals surface area (Å²) >= 11 is 0. The maximum atomic E-state index is 9.50. The molecule has 0 spiro atoms. The Morgan fingerprint density at radius 2 is 2.24 bits per heavy atom. The van der Waals surface area contributed by atoms with Gasteiger partial charge in [0.25, 0.3) is 0 Å². The number of benzene rings is 1. The second-order valence-corrected chi connectivity index (χ2v) is 3.99. The van der Waals surface area contributed by atoms with Gasteiger partial charge in [-0.05, 0) is 30.5 Å². The van der Waals surface area contributed by atoms with Crippen LogP contribution in [0, 0.1) is 0 Å². The van der Waals surface area contributed by atoms with Crippen LogP contribution in [0.5, 0.6) is 5.75 Å². The first-order valence-electron chi connectivity index (χ1n) is 5.55. The number of rotatable bonds is 4. The third kappa shape index (κ3) is 2.65. The Labute approximate surface area is 100 Å². The number of ether oxygens (including phenoxy) is 1. The number of nitrogens with zero attached hydrogens (tertiary/aromatic N) is 1. The van der Waals surface area contributed by atoms with Crippen LogP contribution in [0.1, 0.15) is 6.92 Å². The van der Waals surface area contributed by atoms with E-state index in [2.05, 4.69) is 10.3 Å². The van der Waals surface area contributed by atoms with Gasteiger partial charge < -0.3 is 15.2 Å². The molecule has 1 aromatic carbocycles. The molecule has 0 radical (unpaired) electrons. The smallest absolute Gasteiger partial charge is 0.134 e. The second-order valence-electron chi connectivity index (χ2n) is 3.99. The van der Waals surface area contributed by atoms with Crippen molar-refractivity contribution < 1.29 is 9.84 Å². The molecule has 1 heterocycles. The summed E-state index contributed by atoms with van der Waals surface area (Å²) in [5.74, 6) is 1.01. The van der Waals surface area contributed by atoms with Crippen molar-refractivity contribution in [1.29, 1.82) is 0 Å². The molecule has 2 N–H and O–H groups in total. The van der Waals surface area contributed by atoms with Crippen molar-refractivity contribution in [3.8, 4) is 5.75 Å². The van der Waals surface area contributed by atoms with Crippen molar-refractivity contribution in [2.45, 2.75) is 13.0 Å². The van der Waals surface area contributed by atoms with E-state index in [1.54, 1.807) is 25.4 Å². The Kier molecular flexibility index (Phi) is 3.44. The van der Waals surface area contributed by atoms with Gasteiger partial charge in [0.2, 0.25) is 0 Å². The largest absolute Gasteiger partial charge is 0.508 e. The predicted molar refractivity (Wildman–Crippen MR) is 68.4 cm³/mol. The number of pyridine rings is 1. The normalized spacial score (nSPS) is 12.6. The molecule has 0 fully saturated rings. The van der Waals surface area contributed by atoms with E-state index in [-0.39, 0.29) is 11.9 Å². The molecule has 4 heteroatoms. The summed E-state index contributed by atoms with van der Waals surface area (Å²) in [5.41, 5.74) is 0. The van der Waals surface area contributed by atoms with E-state index in [1.807, 2.05) is 19.1 Å².